The Bertz CT molecular complexity index is 721. The molecule has 0 aliphatic carbocycles. The number of aromatic nitrogens is 3. The molecule has 0 fully saturated rings. The lowest BCUT2D eigenvalue weighted by Gasteiger charge is -2.20. The van der Waals surface area contributed by atoms with Crippen LogP contribution in [0.1, 0.15) is 25.0 Å². The summed E-state index contributed by atoms with van der Waals surface area (Å²) >= 11 is 6.15. The van der Waals surface area contributed by atoms with Crippen molar-refractivity contribution in [2.24, 2.45) is 12.0 Å². The first-order valence-corrected chi connectivity index (χ1v) is 8.63. The zero-order chi connectivity index (χ0) is 18.2. The van der Waals surface area contributed by atoms with E-state index in [-0.39, 0.29) is 30.1 Å². The summed E-state index contributed by atoms with van der Waals surface area (Å²) in [5, 5.41) is 15.3. The maximum absolute atomic E-state index is 6.15. The number of benzene rings is 1. The van der Waals surface area contributed by atoms with E-state index in [1.807, 2.05) is 42.8 Å². The van der Waals surface area contributed by atoms with Gasteiger partial charge in [-0.2, -0.15) is 0 Å². The molecule has 26 heavy (non-hydrogen) atoms. The Morgan fingerprint density at radius 2 is 2.04 bits per heavy atom. The van der Waals surface area contributed by atoms with Crippen molar-refractivity contribution in [2.45, 2.75) is 32.9 Å². The number of aliphatic imine (C=N–C) groups is 1. The van der Waals surface area contributed by atoms with E-state index < -0.39 is 0 Å². The van der Waals surface area contributed by atoms with Crippen LogP contribution in [0.2, 0.25) is 5.02 Å². The third kappa shape index (κ3) is 6.31. The molecule has 0 saturated carbocycles. The minimum absolute atomic E-state index is 0. The second-order valence-electron chi connectivity index (χ2n) is 5.61. The summed E-state index contributed by atoms with van der Waals surface area (Å²) in [5.41, 5.74) is 0. The van der Waals surface area contributed by atoms with Crippen LogP contribution in [0.15, 0.2) is 29.3 Å². The number of hydrogen-bond acceptors (Lipinski definition) is 4. The molecule has 7 nitrogen and oxygen atoms in total. The summed E-state index contributed by atoms with van der Waals surface area (Å²) in [5.74, 6) is 3.09. The molecule has 2 aromatic rings. The molecule has 1 aromatic heterocycles. The molecule has 1 unspecified atom stereocenters. The topological polar surface area (TPSA) is 76.4 Å². The zero-order valence-electron chi connectivity index (χ0n) is 15.5. The monoisotopic (exact) mass is 492 g/mol. The Balaban J connectivity index is 0.00000338. The molecule has 1 atom stereocenters. The maximum atomic E-state index is 6.15. The second kappa shape index (κ2) is 11.2. The molecule has 2 rings (SSSR count). The van der Waals surface area contributed by atoms with Crippen molar-refractivity contribution in [3.63, 3.8) is 0 Å². The molecule has 144 valence electrons. The van der Waals surface area contributed by atoms with Crippen molar-refractivity contribution in [3.05, 3.63) is 40.9 Å². The van der Waals surface area contributed by atoms with Crippen LogP contribution in [0.5, 0.6) is 5.75 Å². The van der Waals surface area contributed by atoms with E-state index in [2.05, 4.69) is 32.7 Å². The van der Waals surface area contributed by atoms with Gasteiger partial charge in [-0.1, -0.05) is 30.7 Å². The largest absolute Gasteiger partial charge is 0.487 e. The van der Waals surface area contributed by atoms with E-state index >= 15 is 0 Å². The average Bonchev–Trinajstić information content (AvgIpc) is 2.94. The van der Waals surface area contributed by atoms with Gasteiger partial charge in [0.25, 0.3) is 0 Å². The smallest absolute Gasteiger partial charge is 0.191 e. The highest BCUT2D eigenvalue weighted by Crippen LogP contribution is 2.24. The normalized spacial score (nSPS) is 12.3. The number of guanidine groups is 1. The summed E-state index contributed by atoms with van der Waals surface area (Å²) < 4.78 is 7.91. The predicted molar refractivity (Wildman–Crippen MR) is 116 cm³/mol. The first-order chi connectivity index (χ1) is 12.0. The van der Waals surface area contributed by atoms with E-state index in [9.17, 15) is 0 Å². The van der Waals surface area contributed by atoms with Gasteiger partial charge in [0.05, 0.1) is 18.1 Å². The van der Waals surface area contributed by atoms with E-state index in [1.54, 1.807) is 7.05 Å². The van der Waals surface area contributed by atoms with Gasteiger partial charge in [-0.25, -0.2) is 0 Å². The number of ether oxygens (including phenoxy) is 1. The van der Waals surface area contributed by atoms with Crippen LogP contribution in [-0.4, -0.2) is 40.4 Å². The van der Waals surface area contributed by atoms with Crippen LogP contribution in [0, 0.1) is 6.92 Å². The number of para-hydroxylation sites is 1. The first-order valence-electron chi connectivity index (χ1n) is 8.25. The number of rotatable bonds is 7. The van der Waals surface area contributed by atoms with Crippen molar-refractivity contribution < 1.29 is 4.74 Å². The Morgan fingerprint density at radius 3 is 2.62 bits per heavy atom. The maximum Gasteiger partial charge on any atom is 0.191 e. The molecule has 0 aliphatic heterocycles. The van der Waals surface area contributed by atoms with Gasteiger partial charge in [0, 0.05) is 14.1 Å². The number of hydrogen-bond donors (Lipinski definition) is 2. The van der Waals surface area contributed by atoms with Crippen LogP contribution >= 0.6 is 35.6 Å². The van der Waals surface area contributed by atoms with Crippen LogP contribution in [0.25, 0.3) is 0 Å². The van der Waals surface area contributed by atoms with Gasteiger partial charge < -0.3 is 19.9 Å². The second-order valence-corrected chi connectivity index (χ2v) is 6.01. The minimum atomic E-state index is -0.0180. The highest BCUT2D eigenvalue weighted by atomic mass is 127. The lowest BCUT2D eigenvalue weighted by Crippen LogP contribution is -2.42. The van der Waals surface area contributed by atoms with E-state index in [4.69, 9.17) is 16.3 Å². The molecule has 0 aliphatic rings. The van der Waals surface area contributed by atoms with Crippen molar-refractivity contribution in [1.29, 1.82) is 0 Å². The standard InChI is InChI=1S/C17H25ClN6O.HI/c1-5-13(25-15-9-7-6-8-14(15)18)10-20-17(19-3)21-11-16-23-22-12(2)24(16)4;/h6-9,13H,5,10-11H2,1-4H3,(H2,19,20,21);1H. The fourth-order valence-electron chi connectivity index (χ4n) is 2.19. The summed E-state index contributed by atoms with van der Waals surface area (Å²) in [6.45, 7) is 5.14. The lowest BCUT2D eigenvalue weighted by molar-refractivity contribution is 0.199. The summed E-state index contributed by atoms with van der Waals surface area (Å²) in [7, 11) is 3.67. The molecular formula is C17H26ClIN6O. The van der Waals surface area contributed by atoms with Gasteiger partial charge in [-0.05, 0) is 25.5 Å². The summed E-state index contributed by atoms with van der Waals surface area (Å²) in [6, 6.07) is 7.48. The van der Waals surface area contributed by atoms with Crippen molar-refractivity contribution in [1.82, 2.24) is 25.4 Å². The van der Waals surface area contributed by atoms with E-state index in [0.717, 1.165) is 18.1 Å². The predicted octanol–water partition coefficient (Wildman–Crippen LogP) is 2.92. The molecule has 2 N–H and O–H groups in total. The van der Waals surface area contributed by atoms with Gasteiger partial charge >= 0.3 is 0 Å². The van der Waals surface area contributed by atoms with E-state index in [0.29, 0.717) is 29.8 Å². The van der Waals surface area contributed by atoms with Gasteiger partial charge in [0.2, 0.25) is 0 Å². The van der Waals surface area contributed by atoms with Crippen LogP contribution in [-0.2, 0) is 13.6 Å². The van der Waals surface area contributed by atoms with E-state index in [1.165, 1.54) is 0 Å². The fourth-order valence-corrected chi connectivity index (χ4v) is 2.37. The molecule has 0 bridgehead atoms. The van der Waals surface area contributed by atoms with Gasteiger partial charge in [0.1, 0.15) is 17.7 Å². The SMILES string of the molecule is CCC(CNC(=NC)NCc1nnc(C)n1C)Oc1ccccc1Cl.I. The molecular weight excluding hydrogens is 467 g/mol. The molecule has 9 heteroatoms. The number of nitrogens with one attached hydrogen (secondary N) is 2. The number of halogens is 2. The van der Waals surface area contributed by atoms with Gasteiger partial charge in [-0.3, -0.25) is 4.99 Å². The Hall–Kier alpha value is -1.55. The number of aryl methyl sites for hydroxylation is 1. The highest BCUT2D eigenvalue weighted by molar-refractivity contribution is 14.0. The Morgan fingerprint density at radius 1 is 1.31 bits per heavy atom. The number of nitrogens with zero attached hydrogens (tertiary/aromatic N) is 4. The molecule has 0 amide bonds. The fraction of sp³-hybridized carbons (Fsp3) is 0.471. The van der Waals surface area contributed by atoms with Crippen molar-refractivity contribution >= 4 is 41.5 Å². The highest BCUT2D eigenvalue weighted by Gasteiger charge is 2.12. The summed E-state index contributed by atoms with van der Waals surface area (Å²) in [4.78, 5) is 4.23. The molecule has 1 heterocycles. The van der Waals surface area contributed by atoms with Crippen molar-refractivity contribution in [3.8, 4) is 5.75 Å². The third-order valence-electron chi connectivity index (χ3n) is 3.90. The van der Waals surface area contributed by atoms with Gasteiger partial charge in [-0.15, -0.1) is 34.2 Å². The molecule has 0 spiro atoms. The zero-order valence-corrected chi connectivity index (χ0v) is 18.6. The Kier molecular flexibility index (Phi) is 9.71. The Labute approximate surface area is 176 Å². The molecule has 0 saturated heterocycles. The molecule has 0 radical (unpaired) electrons. The lowest BCUT2D eigenvalue weighted by atomic mass is 10.2. The van der Waals surface area contributed by atoms with Crippen LogP contribution in [0.4, 0.5) is 0 Å². The third-order valence-corrected chi connectivity index (χ3v) is 4.22. The first kappa shape index (κ1) is 22.5. The molecule has 1 aromatic carbocycles. The quantitative estimate of drug-likeness (QED) is 0.353. The minimum Gasteiger partial charge on any atom is -0.487 e. The van der Waals surface area contributed by atoms with Crippen molar-refractivity contribution in [2.75, 3.05) is 13.6 Å². The van der Waals surface area contributed by atoms with Crippen LogP contribution in [0.3, 0.4) is 0 Å². The average molecular weight is 493 g/mol. The summed E-state index contributed by atoms with van der Waals surface area (Å²) in [6.07, 6.45) is 0.827. The van der Waals surface area contributed by atoms with Crippen LogP contribution < -0.4 is 15.4 Å². The van der Waals surface area contributed by atoms with Gasteiger partial charge in [0.15, 0.2) is 11.8 Å².